The van der Waals surface area contributed by atoms with Gasteiger partial charge in [0, 0.05) is 25.1 Å². The van der Waals surface area contributed by atoms with Gasteiger partial charge in [0.15, 0.2) is 0 Å². The molecule has 248 valence electrons. The van der Waals surface area contributed by atoms with Crippen LogP contribution in [0.5, 0.6) is 5.75 Å². The van der Waals surface area contributed by atoms with Crippen molar-refractivity contribution in [2.45, 2.75) is 71.6 Å². The fraction of sp³-hybridized carbons (Fsp3) is 0.457. The molecule has 0 aliphatic carbocycles. The summed E-state index contributed by atoms with van der Waals surface area (Å²) in [4.78, 5) is 68.8. The Bertz CT molecular complexity index is 1380. The third-order valence-electron chi connectivity index (χ3n) is 7.76. The molecular formula is C35H47N5O6. The summed E-state index contributed by atoms with van der Waals surface area (Å²) in [7, 11) is 1.55. The Kier molecular flexibility index (Phi) is 13.3. The number of amides is 5. The van der Waals surface area contributed by atoms with Crippen molar-refractivity contribution in [2.75, 3.05) is 20.2 Å². The van der Waals surface area contributed by atoms with E-state index in [2.05, 4.69) is 21.3 Å². The zero-order valence-corrected chi connectivity index (χ0v) is 27.5. The predicted molar refractivity (Wildman–Crippen MR) is 176 cm³/mol. The van der Waals surface area contributed by atoms with Crippen molar-refractivity contribution < 1.29 is 28.7 Å². The van der Waals surface area contributed by atoms with Gasteiger partial charge < -0.3 is 30.9 Å². The van der Waals surface area contributed by atoms with Crippen LogP contribution in [0.3, 0.4) is 0 Å². The van der Waals surface area contributed by atoms with Crippen LogP contribution in [0.25, 0.3) is 6.08 Å². The normalized spacial score (nSPS) is 22.0. The van der Waals surface area contributed by atoms with Gasteiger partial charge in [-0.2, -0.15) is 0 Å². The van der Waals surface area contributed by atoms with E-state index in [0.717, 1.165) is 11.1 Å². The highest BCUT2D eigenvalue weighted by Crippen LogP contribution is 2.14. The Hall–Kier alpha value is -4.67. The lowest BCUT2D eigenvalue weighted by Gasteiger charge is -2.30. The van der Waals surface area contributed by atoms with E-state index in [0.29, 0.717) is 12.2 Å². The maximum Gasteiger partial charge on any atom is 0.247 e. The summed E-state index contributed by atoms with van der Waals surface area (Å²) in [5.74, 6) is -1.92. The summed E-state index contributed by atoms with van der Waals surface area (Å²) < 4.78 is 5.23. The first kappa shape index (κ1) is 35.8. The Balaban J connectivity index is 1.95. The second-order valence-electron chi connectivity index (χ2n) is 12.4. The first-order valence-corrected chi connectivity index (χ1v) is 15.7. The van der Waals surface area contributed by atoms with Gasteiger partial charge >= 0.3 is 0 Å². The highest BCUT2D eigenvalue weighted by Gasteiger charge is 2.32. The number of nitrogens with zero attached hydrogens (tertiary/aromatic N) is 1. The van der Waals surface area contributed by atoms with Gasteiger partial charge in [0.05, 0.1) is 13.7 Å². The van der Waals surface area contributed by atoms with Crippen LogP contribution in [-0.4, -0.2) is 78.8 Å². The molecule has 4 N–H and O–H groups in total. The molecule has 0 spiro atoms. The van der Waals surface area contributed by atoms with Gasteiger partial charge in [-0.25, -0.2) is 0 Å². The van der Waals surface area contributed by atoms with Crippen molar-refractivity contribution in [3.63, 3.8) is 0 Å². The molecule has 5 amide bonds. The molecule has 46 heavy (non-hydrogen) atoms. The molecule has 0 bridgehead atoms. The van der Waals surface area contributed by atoms with Gasteiger partial charge in [0.2, 0.25) is 29.5 Å². The summed E-state index contributed by atoms with van der Waals surface area (Å²) in [6.07, 6.45) is 3.50. The molecule has 11 heteroatoms. The van der Waals surface area contributed by atoms with Gasteiger partial charge in [-0.05, 0) is 54.5 Å². The van der Waals surface area contributed by atoms with Crippen LogP contribution in [-0.2, 0) is 30.4 Å². The standard InChI is InChI=1S/C35H47N5O6/c1-22(2)18-28-35(45)38-29(19-26-12-15-27(46-6)16-13-26)34(44)36-24(5)33(43)39-30(23(3)4)20-40(21-31(41)37-28)32(42)17-14-25-10-8-7-9-11-25/h7-17,22-24,28-30H,18-21H2,1-6H3,(H,36,44)(H,37,41)(H,38,45)(H,39,43)/t24-,28+,29+,30-/m1/s1. The summed E-state index contributed by atoms with van der Waals surface area (Å²) >= 11 is 0. The quantitative estimate of drug-likeness (QED) is 0.329. The van der Waals surface area contributed by atoms with Gasteiger partial charge in [0.25, 0.3) is 0 Å². The van der Waals surface area contributed by atoms with E-state index in [1.165, 1.54) is 11.0 Å². The maximum atomic E-state index is 13.6. The molecule has 3 rings (SSSR count). The lowest BCUT2D eigenvalue weighted by molar-refractivity contribution is -0.135. The van der Waals surface area contributed by atoms with Crippen molar-refractivity contribution >= 4 is 35.6 Å². The number of ether oxygens (including phenoxy) is 1. The number of hydrogen-bond donors (Lipinski definition) is 4. The first-order valence-electron chi connectivity index (χ1n) is 15.7. The van der Waals surface area contributed by atoms with Crippen LogP contribution < -0.4 is 26.0 Å². The minimum Gasteiger partial charge on any atom is -0.497 e. The molecule has 4 atom stereocenters. The molecule has 0 aromatic heterocycles. The molecule has 0 radical (unpaired) electrons. The van der Waals surface area contributed by atoms with Crippen molar-refractivity contribution in [3.05, 3.63) is 71.8 Å². The summed E-state index contributed by atoms with van der Waals surface area (Å²) in [6, 6.07) is 12.9. The number of methoxy groups -OCH3 is 1. The third-order valence-corrected chi connectivity index (χ3v) is 7.76. The minimum absolute atomic E-state index is 0.0331. The van der Waals surface area contributed by atoms with Crippen molar-refractivity contribution in [1.29, 1.82) is 0 Å². The van der Waals surface area contributed by atoms with E-state index >= 15 is 0 Å². The molecule has 1 heterocycles. The van der Waals surface area contributed by atoms with Crippen molar-refractivity contribution in [1.82, 2.24) is 26.2 Å². The summed E-state index contributed by atoms with van der Waals surface area (Å²) in [5.41, 5.74) is 1.58. The molecule has 1 aliphatic heterocycles. The van der Waals surface area contributed by atoms with E-state index in [1.807, 2.05) is 58.0 Å². The second-order valence-corrected chi connectivity index (χ2v) is 12.4. The molecular weight excluding hydrogens is 586 g/mol. The molecule has 1 fully saturated rings. The Morgan fingerprint density at radius 1 is 0.870 bits per heavy atom. The van der Waals surface area contributed by atoms with Gasteiger partial charge in [-0.15, -0.1) is 0 Å². The zero-order valence-electron chi connectivity index (χ0n) is 27.5. The predicted octanol–water partition coefficient (Wildman–Crippen LogP) is 2.45. The summed E-state index contributed by atoms with van der Waals surface area (Å²) in [5, 5.41) is 11.3. The lowest BCUT2D eigenvalue weighted by atomic mass is 10.0. The average Bonchev–Trinajstić information content (AvgIpc) is 3.02. The number of nitrogens with one attached hydrogen (secondary N) is 4. The van der Waals surface area contributed by atoms with Crippen molar-refractivity contribution in [2.24, 2.45) is 11.8 Å². The van der Waals surface area contributed by atoms with Gasteiger partial charge in [0.1, 0.15) is 23.9 Å². The molecule has 1 aliphatic rings. The van der Waals surface area contributed by atoms with Crippen LogP contribution in [0.2, 0.25) is 0 Å². The Labute approximate surface area is 271 Å². The highest BCUT2D eigenvalue weighted by atomic mass is 16.5. The zero-order chi connectivity index (χ0) is 33.8. The third kappa shape index (κ3) is 11.0. The topological polar surface area (TPSA) is 146 Å². The largest absolute Gasteiger partial charge is 0.497 e. The van der Waals surface area contributed by atoms with E-state index < -0.39 is 53.7 Å². The first-order chi connectivity index (χ1) is 21.9. The van der Waals surface area contributed by atoms with Crippen LogP contribution in [0.4, 0.5) is 0 Å². The second kappa shape index (κ2) is 17.1. The molecule has 2 aromatic rings. The number of carbonyl (C=O) groups is 5. The van der Waals surface area contributed by atoms with Gasteiger partial charge in [-0.3, -0.25) is 24.0 Å². The average molecular weight is 634 g/mol. The highest BCUT2D eigenvalue weighted by molar-refractivity contribution is 5.97. The van der Waals surface area contributed by atoms with Crippen LogP contribution >= 0.6 is 0 Å². The van der Waals surface area contributed by atoms with E-state index in [-0.39, 0.29) is 31.3 Å². The monoisotopic (exact) mass is 633 g/mol. The molecule has 1 saturated heterocycles. The van der Waals surface area contributed by atoms with Crippen LogP contribution in [0.15, 0.2) is 60.7 Å². The van der Waals surface area contributed by atoms with E-state index in [1.54, 1.807) is 44.4 Å². The molecule has 11 nitrogen and oxygen atoms in total. The van der Waals surface area contributed by atoms with E-state index in [9.17, 15) is 24.0 Å². The smallest absolute Gasteiger partial charge is 0.247 e. The van der Waals surface area contributed by atoms with Crippen LogP contribution in [0.1, 0.15) is 52.2 Å². The lowest BCUT2D eigenvalue weighted by Crippen LogP contribution is -2.57. The van der Waals surface area contributed by atoms with Crippen LogP contribution in [0, 0.1) is 11.8 Å². The SMILES string of the molecule is COc1ccc(C[C@@H]2NC(=O)[C@H](CC(C)C)NC(=O)CN(C(=O)C=Cc3ccccc3)C[C@H](C(C)C)NC(=O)[C@@H](C)NC2=O)cc1. The fourth-order valence-corrected chi connectivity index (χ4v) is 5.01. The number of carbonyl (C=O) groups excluding carboxylic acids is 5. The maximum absolute atomic E-state index is 13.6. The molecule has 0 saturated carbocycles. The minimum atomic E-state index is -1.03. The number of hydrogen-bond acceptors (Lipinski definition) is 6. The Morgan fingerprint density at radius 2 is 1.52 bits per heavy atom. The van der Waals surface area contributed by atoms with Gasteiger partial charge in [-0.1, -0.05) is 70.2 Å². The fourth-order valence-electron chi connectivity index (χ4n) is 5.01. The number of rotatable bonds is 8. The van der Waals surface area contributed by atoms with Crippen molar-refractivity contribution in [3.8, 4) is 5.75 Å². The molecule has 2 aromatic carbocycles. The Morgan fingerprint density at radius 3 is 2.13 bits per heavy atom. The summed E-state index contributed by atoms with van der Waals surface area (Å²) in [6.45, 7) is 8.92. The number of benzene rings is 2. The molecule has 0 unspecified atom stereocenters. The van der Waals surface area contributed by atoms with E-state index in [4.69, 9.17) is 4.74 Å².